The lowest BCUT2D eigenvalue weighted by Crippen LogP contribution is -2.45. The van der Waals surface area contributed by atoms with Crippen LogP contribution in [0, 0.1) is 0 Å². The average Bonchev–Trinajstić information content (AvgIpc) is 3.14. The minimum atomic E-state index is 0. The quantitative estimate of drug-likeness (QED) is 0.317. The number of hydrogen-bond donors (Lipinski definition) is 2. The first-order valence-corrected chi connectivity index (χ1v) is 11.8. The van der Waals surface area contributed by atoms with Crippen LogP contribution in [0.15, 0.2) is 23.2 Å². The zero-order chi connectivity index (χ0) is 19.9. The number of guanidine groups is 1. The molecule has 8 heteroatoms. The highest BCUT2D eigenvalue weighted by Crippen LogP contribution is 2.30. The van der Waals surface area contributed by atoms with Crippen LogP contribution in [0.25, 0.3) is 0 Å². The molecule has 1 aromatic carbocycles. The molecule has 1 heterocycles. The third-order valence-electron chi connectivity index (χ3n) is 5.72. The fourth-order valence-electron chi connectivity index (χ4n) is 4.08. The van der Waals surface area contributed by atoms with Crippen molar-refractivity contribution < 1.29 is 0 Å². The number of nitrogens with one attached hydrogen (secondary N) is 2. The van der Waals surface area contributed by atoms with Gasteiger partial charge in [0.15, 0.2) is 5.96 Å². The summed E-state index contributed by atoms with van der Waals surface area (Å²) in [6.45, 7) is 7.17. The number of rotatable bonds is 6. The van der Waals surface area contributed by atoms with Gasteiger partial charge < -0.3 is 20.4 Å². The average molecular weight is 552 g/mol. The molecule has 1 saturated heterocycles. The zero-order valence-electron chi connectivity index (χ0n) is 17.8. The van der Waals surface area contributed by atoms with E-state index in [-0.39, 0.29) is 24.0 Å². The Morgan fingerprint density at radius 3 is 2.69 bits per heavy atom. The summed E-state index contributed by atoms with van der Waals surface area (Å²) < 4.78 is 0. The second-order valence-corrected chi connectivity index (χ2v) is 9.67. The van der Waals surface area contributed by atoms with E-state index in [9.17, 15) is 0 Å². The van der Waals surface area contributed by atoms with Gasteiger partial charge in [-0.05, 0) is 44.2 Å². The largest absolute Gasteiger partial charge is 0.369 e. The molecular formula is C21H35ClIN5S. The lowest BCUT2D eigenvalue weighted by molar-refractivity contribution is 0.312. The fourth-order valence-corrected chi connectivity index (χ4v) is 5.46. The topological polar surface area (TPSA) is 42.9 Å². The van der Waals surface area contributed by atoms with Crippen LogP contribution in [0.1, 0.15) is 31.7 Å². The number of piperazine rings is 1. The van der Waals surface area contributed by atoms with Gasteiger partial charge in [0.25, 0.3) is 0 Å². The number of hydrogen-bond acceptors (Lipinski definition) is 4. The van der Waals surface area contributed by atoms with Crippen molar-refractivity contribution in [1.29, 1.82) is 0 Å². The predicted molar refractivity (Wildman–Crippen MR) is 139 cm³/mol. The second-order valence-electron chi connectivity index (χ2n) is 7.69. The van der Waals surface area contributed by atoms with Gasteiger partial charge in [-0.2, -0.15) is 11.8 Å². The van der Waals surface area contributed by atoms with E-state index in [1.165, 1.54) is 30.7 Å². The van der Waals surface area contributed by atoms with Crippen molar-refractivity contribution in [3.8, 4) is 0 Å². The smallest absolute Gasteiger partial charge is 0.191 e. The number of nitrogens with zero attached hydrogens (tertiary/aromatic N) is 3. The number of anilines is 1. The van der Waals surface area contributed by atoms with Gasteiger partial charge in [-0.25, -0.2) is 0 Å². The first-order chi connectivity index (χ1) is 13.6. The zero-order valence-corrected chi connectivity index (χ0v) is 21.7. The highest BCUT2D eigenvalue weighted by Gasteiger charge is 2.25. The Kier molecular flexibility index (Phi) is 10.7. The maximum atomic E-state index is 6.59. The molecule has 0 bridgehead atoms. The second kappa shape index (κ2) is 12.5. The van der Waals surface area contributed by atoms with Crippen LogP contribution < -0.4 is 15.5 Å². The van der Waals surface area contributed by atoms with E-state index in [4.69, 9.17) is 11.6 Å². The van der Waals surface area contributed by atoms with Crippen LogP contribution in [0.4, 0.5) is 5.69 Å². The molecule has 0 radical (unpaired) electrons. The van der Waals surface area contributed by atoms with Gasteiger partial charge >= 0.3 is 0 Å². The molecule has 1 aromatic rings. The van der Waals surface area contributed by atoms with Crippen LogP contribution in [0.5, 0.6) is 0 Å². The lowest BCUT2D eigenvalue weighted by atomic mass is 10.1. The molecule has 1 aliphatic heterocycles. The van der Waals surface area contributed by atoms with E-state index in [2.05, 4.69) is 63.3 Å². The summed E-state index contributed by atoms with van der Waals surface area (Å²) >= 11 is 8.67. The molecule has 1 aliphatic carbocycles. The van der Waals surface area contributed by atoms with E-state index in [0.29, 0.717) is 12.6 Å². The summed E-state index contributed by atoms with van der Waals surface area (Å²) in [5, 5.41) is 8.71. The summed E-state index contributed by atoms with van der Waals surface area (Å²) in [5.41, 5.74) is 2.39. The minimum Gasteiger partial charge on any atom is -0.369 e. The molecule has 164 valence electrons. The van der Waals surface area contributed by atoms with Crippen LogP contribution in [0.3, 0.4) is 0 Å². The van der Waals surface area contributed by atoms with E-state index in [1.54, 1.807) is 0 Å². The van der Waals surface area contributed by atoms with Gasteiger partial charge in [0.2, 0.25) is 0 Å². The molecule has 0 aromatic heterocycles. The van der Waals surface area contributed by atoms with Crippen LogP contribution in [-0.4, -0.2) is 68.2 Å². The first-order valence-electron chi connectivity index (χ1n) is 10.4. The Balaban J connectivity index is 0.00000300. The summed E-state index contributed by atoms with van der Waals surface area (Å²) in [6.07, 6.45) is 3.74. The van der Waals surface area contributed by atoms with Gasteiger partial charge in [-0.15, -0.1) is 24.0 Å². The summed E-state index contributed by atoms with van der Waals surface area (Å²) in [7, 11) is 4.02. The standard InChI is InChI=1S/C21H34ClN5S.HI/c1-4-28-17-9-8-16(14-17)25-21(23-2)24-15-18-19(22)6-5-7-20(18)27-12-10-26(3)11-13-27;/h5-7,16-17H,4,8-15H2,1-3H3,(H2,23,24,25);1H. The molecule has 5 nitrogen and oxygen atoms in total. The molecule has 0 amide bonds. The molecule has 2 fully saturated rings. The normalized spacial score (nSPS) is 23.0. The maximum absolute atomic E-state index is 6.59. The van der Waals surface area contributed by atoms with Crippen molar-refractivity contribution in [2.24, 2.45) is 4.99 Å². The highest BCUT2D eigenvalue weighted by atomic mass is 127. The fraction of sp³-hybridized carbons (Fsp3) is 0.667. The minimum absolute atomic E-state index is 0. The molecule has 2 N–H and O–H groups in total. The molecule has 3 rings (SSSR count). The Bertz CT molecular complexity index is 666. The maximum Gasteiger partial charge on any atom is 0.191 e. The molecule has 2 unspecified atom stereocenters. The lowest BCUT2D eigenvalue weighted by Gasteiger charge is -2.35. The number of likely N-dealkylation sites (N-methyl/N-ethyl adjacent to an activating group) is 1. The van der Waals surface area contributed by atoms with E-state index < -0.39 is 0 Å². The molecule has 29 heavy (non-hydrogen) atoms. The number of thioether (sulfide) groups is 1. The van der Waals surface area contributed by atoms with Crippen molar-refractivity contribution in [3.63, 3.8) is 0 Å². The number of benzene rings is 1. The number of aliphatic imine (C=N–C) groups is 1. The molecule has 0 spiro atoms. The van der Waals surface area contributed by atoms with E-state index in [0.717, 1.165) is 48.0 Å². The van der Waals surface area contributed by atoms with E-state index >= 15 is 0 Å². The number of halogens is 2. The van der Waals surface area contributed by atoms with Gasteiger partial charge in [-0.3, -0.25) is 4.99 Å². The van der Waals surface area contributed by atoms with Crippen molar-refractivity contribution in [2.45, 2.75) is 44.0 Å². The first kappa shape index (κ1) is 24.9. The third-order valence-corrected chi connectivity index (χ3v) is 7.31. The summed E-state index contributed by atoms with van der Waals surface area (Å²) in [6, 6.07) is 6.74. The van der Waals surface area contributed by atoms with Gasteiger partial charge in [0.1, 0.15) is 0 Å². The van der Waals surface area contributed by atoms with Crippen LogP contribution in [0.2, 0.25) is 5.02 Å². The van der Waals surface area contributed by atoms with Crippen LogP contribution >= 0.6 is 47.3 Å². The van der Waals surface area contributed by atoms with Gasteiger partial charge in [0, 0.05) is 67.3 Å². The summed E-state index contributed by atoms with van der Waals surface area (Å²) in [4.78, 5) is 9.26. The summed E-state index contributed by atoms with van der Waals surface area (Å²) in [5.74, 6) is 2.07. The third kappa shape index (κ3) is 7.08. The Labute approximate surface area is 202 Å². The molecule has 2 aliphatic rings. The molecule has 2 atom stereocenters. The molecular weight excluding hydrogens is 517 g/mol. The van der Waals surface area contributed by atoms with Gasteiger partial charge in [-0.1, -0.05) is 24.6 Å². The van der Waals surface area contributed by atoms with Gasteiger partial charge in [0.05, 0.1) is 0 Å². The molecule has 1 saturated carbocycles. The monoisotopic (exact) mass is 551 g/mol. The predicted octanol–water partition coefficient (Wildman–Crippen LogP) is 4.05. The SMILES string of the molecule is CCSC1CCC(NC(=NC)NCc2c(Cl)cccc2N2CCN(C)CC2)C1.I. The van der Waals surface area contributed by atoms with Crippen molar-refractivity contribution in [3.05, 3.63) is 28.8 Å². The Morgan fingerprint density at radius 1 is 1.24 bits per heavy atom. The van der Waals surface area contributed by atoms with E-state index in [1.807, 2.05) is 13.1 Å². The Morgan fingerprint density at radius 2 is 2.00 bits per heavy atom. The van der Waals surface area contributed by atoms with Crippen molar-refractivity contribution >= 4 is 59.0 Å². The van der Waals surface area contributed by atoms with Crippen molar-refractivity contribution in [1.82, 2.24) is 15.5 Å². The van der Waals surface area contributed by atoms with Crippen molar-refractivity contribution in [2.75, 3.05) is 50.9 Å². The highest BCUT2D eigenvalue weighted by molar-refractivity contribution is 14.0. The van der Waals surface area contributed by atoms with Crippen LogP contribution in [-0.2, 0) is 6.54 Å². The Hall–Kier alpha value is -0.380.